The second-order valence-electron chi connectivity index (χ2n) is 4.91. The normalized spacial score (nSPS) is 13.3. The van der Waals surface area contributed by atoms with Crippen LogP contribution in [-0.4, -0.2) is 24.9 Å². The lowest BCUT2D eigenvalue weighted by atomic mass is 10.2. The number of carbonyl (C=O) groups excluding carboxylic acids is 2. The van der Waals surface area contributed by atoms with Crippen LogP contribution in [0.1, 0.15) is 0 Å². The van der Waals surface area contributed by atoms with Gasteiger partial charge in [-0.15, -0.1) is 0 Å². The van der Waals surface area contributed by atoms with Gasteiger partial charge in [-0.2, -0.15) is 0 Å². The molecule has 6 heteroatoms. The largest absolute Gasteiger partial charge is 0.376 e. The quantitative estimate of drug-likeness (QED) is 0.885. The van der Waals surface area contributed by atoms with E-state index < -0.39 is 0 Å². The number of amides is 2. The van der Waals surface area contributed by atoms with Crippen LogP contribution in [0, 0.1) is 0 Å². The number of rotatable bonds is 3. The van der Waals surface area contributed by atoms with Crippen molar-refractivity contribution in [3.63, 3.8) is 0 Å². The van der Waals surface area contributed by atoms with Gasteiger partial charge in [0, 0.05) is 10.2 Å². The molecule has 1 heterocycles. The first-order valence-electron chi connectivity index (χ1n) is 6.82. The first kappa shape index (κ1) is 14.6. The number of para-hydroxylation sites is 2. The van der Waals surface area contributed by atoms with Gasteiger partial charge < -0.3 is 10.6 Å². The molecule has 0 spiro atoms. The summed E-state index contributed by atoms with van der Waals surface area (Å²) in [4.78, 5) is 25.6. The van der Waals surface area contributed by atoms with Crippen molar-refractivity contribution >= 4 is 44.8 Å². The molecule has 0 unspecified atom stereocenters. The molecule has 0 saturated heterocycles. The summed E-state index contributed by atoms with van der Waals surface area (Å²) < 4.78 is 0.978. The molecule has 2 aromatic rings. The molecule has 2 aromatic carbocycles. The summed E-state index contributed by atoms with van der Waals surface area (Å²) in [6.07, 6.45) is 0. The molecular formula is C16H14BrN3O2. The van der Waals surface area contributed by atoms with Crippen molar-refractivity contribution in [1.29, 1.82) is 0 Å². The fourth-order valence-corrected chi connectivity index (χ4v) is 2.56. The van der Waals surface area contributed by atoms with Gasteiger partial charge in [0.05, 0.1) is 17.9 Å². The minimum Gasteiger partial charge on any atom is -0.376 e. The Labute approximate surface area is 136 Å². The van der Waals surface area contributed by atoms with Gasteiger partial charge in [0.1, 0.15) is 6.54 Å². The number of nitrogens with zero attached hydrogens (tertiary/aromatic N) is 1. The molecule has 2 N–H and O–H groups in total. The van der Waals surface area contributed by atoms with E-state index in [1.807, 2.05) is 42.5 Å². The predicted octanol–water partition coefficient (Wildman–Crippen LogP) is 2.85. The number of carbonyl (C=O) groups is 2. The monoisotopic (exact) mass is 359 g/mol. The molecule has 1 aliphatic rings. The van der Waals surface area contributed by atoms with E-state index in [9.17, 15) is 9.59 Å². The summed E-state index contributed by atoms with van der Waals surface area (Å²) in [6, 6.07) is 14.8. The number of benzene rings is 2. The highest BCUT2D eigenvalue weighted by molar-refractivity contribution is 9.10. The average Bonchev–Trinajstić information content (AvgIpc) is 2.53. The fraction of sp³-hybridized carbons (Fsp3) is 0.125. The highest BCUT2D eigenvalue weighted by atomic mass is 79.9. The number of halogens is 1. The lowest BCUT2D eigenvalue weighted by Gasteiger charge is -2.29. The molecule has 0 fully saturated rings. The molecule has 0 aliphatic carbocycles. The van der Waals surface area contributed by atoms with Gasteiger partial charge in [0.2, 0.25) is 11.8 Å². The van der Waals surface area contributed by atoms with Crippen LogP contribution in [0.5, 0.6) is 0 Å². The second-order valence-corrected chi connectivity index (χ2v) is 5.82. The molecule has 22 heavy (non-hydrogen) atoms. The maximum Gasteiger partial charge on any atom is 0.246 e. The molecule has 1 aliphatic heterocycles. The van der Waals surface area contributed by atoms with Gasteiger partial charge in [-0.05, 0) is 36.4 Å². The molecule has 2 amide bonds. The lowest BCUT2D eigenvalue weighted by Crippen LogP contribution is -2.44. The number of fused-ring (bicyclic) bond motifs is 1. The van der Waals surface area contributed by atoms with Crippen LogP contribution < -0.4 is 15.5 Å². The Balaban J connectivity index is 1.72. The smallest absolute Gasteiger partial charge is 0.246 e. The molecule has 0 aromatic heterocycles. The topological polar surface area (TPSA) is 61.4 Å². The number of hydrogen-bond donors (Lipinski definition) is 2. The third kappa shape index (κ3) is 3.12. The minimum absolute atomic E-state index is 0.0395. The molecule has 0 radical (unpaired) electrons. The van der Waals surface area contributed by atoms with Crippen LogP contribution in [0.3, 0.4) is 0 Å². The molecule has 5 nitrogen and oxygen atoms in total. The van der Waals surface area contributed by atoms with Crippen molar-refractivity contribution in [2.45, 2.75) is 0 Å². The Bertz CT molecular complexity index is 716. The summed E-state index contributed by atoms with van der Waals surface area (Å²) in [5.74, 6) is -0.332. The maximum atomic E-state index is 12.4. The standard InChI is InChI=1S/C16H14BrN3O2/c17-11-5-7-12(8-6-11)18-9-16(22)20-10-15(21)19-13-3-1-2-4-14(13)20/h1-8,18H,9-10H2,(H,19,21). The highest BCUT2D eigenvalue weighted by Gasteiger charge is 2.26. The summed E-state index contributed by atoms with van der Waals surface area (Å²) in [6.45, 7) is 0.168. The Morgan fingerprint density at radius 1 is 1.18 bits per heavy atom. The Hall–Kier alpha value is -2.34. The molecule has 112 valence electrons. The van der Waals surface area contributed by atoms with E-state index in [0.29, 0.717) is 5.69 Å². The van der Waals surface area contributed by atoms with Crippen LogP contribution in [-0.2, 0) is 9.59 Å². The van der Waals surface area contributed by atoms with Crippen LogP contribution in [0.25, 0.3) is 0 Å². The zero-order chi connectivity index (χ0) is 15.5. The summed E-state index contributed by atoms with van der Waals surface area (Å²) in [7, 11) is 0. The lowest BCUT2D eigenvalue weighted by molar-refractivity contribution is -0.120. The maximum absolute atomic E-state index is 12.4. The van der Waals surface area contributed by atoms with Crippen LogP contribution in [0.15, 0.2) is 53.0 Å². The van der Waals surface area contributed by atoms with E-state index in [1.165, 1.54) is 4.90 Å². The van der Waals surface area contributed by atoms with Crippen molar-refractivity contribution < 1.29 is 9.59 Å². The molecular weight excluding hydrogens is 346 g/mol. The predicted molar refractivity (Wildman–Crippen MR) is 90.1 cm³/mol. The Morgan fingerprint density at radius 3 is 2.68 bits per heavy atom. The molecule has 0 atom stereocenters. The number of nitrogens with one attached hydrogen (secondary N) is 2. The first-order chi connectivity index (χ1) is 10.6. The second kappa shape index (κ2) is 6.19. The van der Waals surface area contributed by atoms with Gasteiger partial charge in [0.25, 0.3) is 0 Å². The first-order valence-corrected chi connectivity index (χ1v) is 7.61. The van der Waals surface area contributed by atoms with Crippen molar-refractivity contribution in [3.8, 4) is 0 Å². The van der Waals surface area contributed by atoms with Gasteiger partial charge >= 0.3 is 0 Å². The minimum atomic E-state index is -0.185. The summed E-state index contributed by atoms with van der Waals surface area (Å²) in [5.41, 5.74) is 2.24. The van der Waals surface area contributed by atoms with Crippen molar-refractivity contribution in [1.82, 2.24) is 0 Å². The fourth-order valence-electron chi connectivity index (χ4n) is 2.30. The van der Waals surface area contributed by atoms with E-state index in [2.05, 4.69) is 26.6 Å². The van der Waals surface area contributed by atoms with Crippen LogP contribution in [0.2, 0.25) is 0 Å². The van der Waals surface area contributed by atoms with Gasteiger partial charge in [-0.25, -0.2) is 0 Å². The van der Waals surface area contributed by atoms with Crippen molar-refractivity contribution in [2.75, 3.05) is 28.6 Å². The van der Waals surface area contributed by atoms with E-state index in [4.69, 9.17) is 0 Å². The van der Waals surface area contributed by atoms with Crippen molar-refractivity contribution in [2.24, 2.45) is 0 Å². The van der Waals surface area contributed by atoms with Crippen LogP contribution >= 0.6 is 15.9 Å². The average molecular weight is 360 g/mol. The highest BCUT2D eigenvalue weighted by Crippen LogP contribution is 2.28. The Kier molecular flexibility index (Phi) is 4.11. The zero-order valence-corrected chi connectivity index (χ0v) is 13.3. The summed E-state index contributed by atoms with van der Waals surface area (Å²) >= 11 is 3.37. The van der Waals surface area contributed by atoms with E-state index in [-0.39, 0.29) is 24.9 Å². The van der Waals surface area contributed by atoms with E-state index in [0.717, 1.165) is 15.8 Å². The molecule has 0 saturated carbocycles. The number of anilines is 3. The number of hydrogen-bond acceptors (Lipinski definition) is 3. The molecule has 3 rings (SSSR count). The van der Waals surface area contributed by atoms with Gasteiger partial charge in [-0.3, -0.25) is 14.5 Å². The third-order valence-corrected chi connectivity index (χ3v) is 3.89. The van der Waals surface area contributed by atoms with E-state index >= 15 is 0 Å². The van der Waals surface area contributed by atoms with Crippen molar-refractivity contribution in [3.05, 3.63) is 53.0 Å². The van der Waals surface area contributed by atoms with Crippen LogP contribution in [0.4, 0.5) is 17.1 Å². The Morgan fingerprint density at radius 2 is 1.91 bits per heavy atom. The third-order valence-electron chi connectivity index (χ3n) is 3.36. The summed E-state index contributed by atoms with van der Waals surface area (Å²) in [5, 5.41) is 5.84. The zero-order valence-electron chi connectivity index (χ0n) is 11.7. The van der Waals surface area contributed by atoms with E-state index in [1.54, 1.807) is 6.07 Å². The molecule has 0 bridgehead atoms. The SMILES string of the molecule is O=C1CN(C(=O)CNc2ccc(Br)cc2)c2ccccc2N1. The van der Waals surface area contributed by atoms with Gasteiger partial charge in [-0.1, -0.05) is 28.1 Å². The van der Waals surface area contributed by atoms with Gasteiger partial charge in [0.15, 0.2) is 0 Å².